The van der Waals surface area contributed by atoms with E-state index in [9.17, 15) is 14.3 Å². The van der Waals surface area contributed by atoms with Gasteiger partial charge in [-0.3, -0.25) is 4.79 Å². The van der Waals surface area contributed by atoms with Crippen molar-refractivity contribution in [2.75, 3.05) is 13.7 Å². The zero-order valence-corrected chi connectivity index (χ0v) is 22.6. The number of aromatic nitrogens is 2. The van der Waals surface area contributed by atoms with Crippen LogP contribution in [0.4, 0.5) is 8.78 Å². The third-order valence-corrected chi connectivity index (χ3v) is 7.34. The number of amides is 1. The van der Waals surface area contributed by atoms with Gasteiger partial charge in [-0.25, -0.2) is 18.7 Å². The normalized spacial score (nSPS) is 17.6. The molecule has 0 bridgehead atoms. The van der Waals surface area contributed by atoms with Gasteiger partial charge in [-0.2, -0.15) is 0 Å². The van der Waals surface area contributed by atoms with Crippen LogP contribution in [0.1, 0.15) is 60.4 Å². The van der Waals surface area contributed by atoms with Gasteiger partial charge >= 0.3 is 0 Å². The number of fused-ring (bicyclic) bond motifs is 1. The lowest BCUT2D eigenvalue weighted by atomic mass is 9.83. The number of hydrogen-bond acceptors (Lipinski definition) is 6. The topological polar surface area (TPSA) is 108 Å². The molecule has 1 atom stereocenters. The molecule has 0 radical (unpaired) electrons. The van der Waals surface area contributed by atoms with E-state index in [1.54, 1.807) is 18.2 Å². The van der Waals surface area contributed by atoms with Gasteiger partial charge in [0.15, 0.2) is 5.82 Å². The van der Waals surface area contributed by atoms with Gasteiger partial charge in [0.25, 0.3) is 0 Å². The molecule has 208 valence electrons. The molecular formula is C31H31F2N3O4. The minimum atomic E-state index is -1.51. The Labute approximate surface area is 231 Å². The zero-order valence-electron chi connectivity index (χ0n) is 22.6. The highest BCUT2D eigenvalue weighted by Gasteiger charge is 2.40. The Balaban J connectivity index is 1.66. The second-order valence-corrected chi connectivity index (χ2v) is 10.7. The molecule has 4 aromatic rings. The highest BCUT2D eigenvalue weighted by atomic mass is 19.1. The number of rotatable bonds is 7. The van der Waals surface area contributed by atoms with Gasteiger partial charge in [-0.05, 0) is 81.6 Å². The fourth-order valence-electron chi connectivity index (χ4n) is 5.22. The Kier molecular flexibility index (Phi) is 7.29. The lowest BCUT2D eigenvalue weighted by Gasteiger charge is -2.38. The summed E-state index contributed by atoms with van der Waals surface area (Å²) < 4.78 is 41.4. The molecule has 5 rings (SSSR count). The minimum Gasteiger partial charge on any atom is -0.494 e. The van der Waals surface area contributed by atoms with Gasteiger partial charge in [-0.1, -0.05) is 6.07 Å². The van der Waals surface area contributed by atoms with Crippen molar-refractivity contribution in [3.8, 4) is 17.0 Å². The van der Waals surface area contributed by atoms with Crippen LogP contribution in [0, 0.1) is 11.6 Å². The summed E-state index contributed by atoms with van der Waals surface area (Å²) in [5, 5.41) is 11.6. The van der Waals surface area contributed by atoms with Crippen molar-refractivity contribution in [2.45, 2.75) is 50.7 Å². The third kappa shape index (κ3) is 5.26. The molecule has 0 spiro atoms. The van der Waals surface area contributed by atoms with E-state index < -0.39 is 28.7 Å². The van der Waals surface area contributed by atoms with E-state index in [2.05, 4.69) is 0 Å². The van der Waals surface area contributed by atoms with Gasteiger partial charge in [-0.15, -0.1) is 0 Å². The Morgan fingerprint density at radius 3 is 2.48 bits per heavy atom. The number of primary amides is 1. The average Bonchev–Trinajstić information content (AvgIpc) is 2.93. The predicted molar refractivity (Wildman–Crippen MR) is 147 cm³/mol. The first-order chi connectivity index (χ1) is 19.0. The molecule has 3 heterocycles. The second-order valence-electron chi connectivity index (χ2n) is 10.7. The van der Waals surface area contributed by atoms with Crippen molar-refractivity contribution in [1.29, 1.82) is 0 Å². The molecule has 40 heavy (non-hydrogen) atoms. The molecule has 0 saturated carbocycles. The number of halogens is 2. The fraction of sp³-hybridized carbons (Fsp3) is 0.323. The maximum absolute atomic E-state index is 15.8. The number of aliphatic hydroxyl groups is 1. The van der Waals surface area contributed by atoms with Crippen molar-refractivity contribution < 1.29 is 28.2 Å². The number of hydrogen-bond donors (Lipinski definition) is 2. The zero-order chi connectivity index (χ0) is 28.7. The summed E-state index contributed by atoms with van der Waals surface area (Å²) in [6.45, 7) is 3.49. The Bertz CT molecular complexity index is 1580. The van der Waals surface area contributed by atoms with Crippen LogP contribution in [-0.4, -0.2) is 34.7 Å². The highest BCUT2D eigenvalue weighted by Crippen LogP contribution is 2.41. The molecule has 1 fully saturated rings. The molecule has 1 aliphatic rings. The summed E-state index contributed by atoms with van der Waals surface area (Å²) >= 11 is 0. The molecule has 1 amide bonds. The van der Waals surface area contributed by atoms with Crippen LogP contribution in [0.25, 0.3) is 22.2 Å². The van der Waals surface area contributed by atoms with Crippen molar-refractivity contribution in [3.05, 3.63) is 88.7 Å². The van der Waals surface area contributed by atoms with Crippen LogP contribution >= 0.6 is 0 Å². The van der Waals surface area contributed by atoms with Crippen LogP contribution < -0.4 is 10.5 Å². The molecule has 0 aliphatic carbocycles. The monoisotopic (exact) mass is 547 g/mol. The molecule has 1 saturated heterocycles. The summed E-state index contributed by atoms with van der Waals surface area (Å²) in [5.41, 5.74) is 5.48. The molecular weight excluding hydrogens is 516 g/mol. The number of carbonyl (C=O) groups is 1. The molecule has 9 heteroatoms. The maximum Gasteiger partial charge on any atom is 0.248 e. The summed E-state index contributed by atoms with van der Waals surface area (Å²) in [7, 11) is 1.50. The van der Waals surface area contributed by atoms with E-state index in [1.165, 1.54) is 45.2 Å². The molecule has 2 aromatic heterocycles. The average molecular weight is 548 g/mol. The van der Waals surface area contributed by atoms with Crippen molar-refractivity contribution in [2.24, 2.45) is 5.73 Å². The van der Waals surface area contributed by atoms with Gasteiger partial charge in [0.1, 0.15) is 28.4 Å². The van der Waals surface area contributed by atoms with Crippen molar-refractivity contribution >= 4 is 16.8 Å². The van der Waals surface area contributed by atoms with Gasteiger partial charge in [0.2, 0.25) is 5.91 Å². The lowest BCUT2D eigenvalue weighted by molar-refractivity contribution is -0.0872. The van der Waals surface area contributed by atoms with Crippen molar-refractivity contribution in [3.63, 3.8) is 0 Å². The van der Waals surface area contributed by atoms with E-state index in [1.807, 2.05) is 12.1 Å². The Morgan fingerprint density at radius 2 is 1.85 bits per heavy atom. The van der Waals surface area contributed by atoms with Crippen LogP contribution in [0.3, 0.4) is 0 Å². The largest absolute Gasteiger partial charge is 0.494 e. The predicted octanol–water partition coefficient (Wildman–Crippen LogP) is 5.55. The molecule has 3 N–H and O–H groups in total. The first-order valence-electron chi connectivity index (χ1n) is 13.1. The number of methoxy groups -OCH3 is 1. The molecule has 1 aliphatic heterocycles. The van der Waals surface area contributed by atoms with E-state index in [-0.39, 0.29) is 11.3 Å². The lowest BCUT2D eigenvalue weighted by Crippen LogP contribution is -2.38. The standard InChI is InChI=1S/C31H31F2N3O4/c1-30(2,38)23-16-25(36-28(26(23)33)18-6-9-21(32)10-7-18)31(12-4-5-13-40-31)17-22-11-8-19-14-20(29(34)37)15-24(39-3)27(19)35-22/h6-11,14-16,38H,4-5,12-13,17H2,1-3H3,(H2,34,37). The number of nitrogens with zero attached hydrogens (tertiary/aromatic N) is 2. The van der Waals surface area contributed by atoms with Crippen molar-refractivity contribution in [1.82, 2.24) is 9.97 Å². The Morgan fingerprint density at radius 1 is 1.10 bits per heavy atom. The SMILES string of the molecule is COc1cc(C(N)=O)cc2ccc(CC3(c4cc(C(C)(C)O)c(F)c(-c5ccc(F)cc5)n4)CCCCO3)nc12. The van der Waals surface area contributed by atoms with Crippen LogP contribution in [0.2, 0.25) is 0 Å². The first-order valence-corrected chi connectivity index (χ1v) is 13.1. The highest BCUT2D eigenvalue weighted by molar-refractivity contribution is 5.99. The minimum absolute atomic E-state index is 0.00953. The van der Waals surface area contributed by atoms with Crippen LogP contribution in [0.15, 0.2) is 54.6 Å². The number of carbonyl (C=O) groups excluding carboxylic acids is 1. The fourth-order valence-corrected chi connectivity index (χ4v) is 5.22. The summed E-state index contributed by atoms with van der Waals surface area (Å²) in [4.78, 5) is 21.3. The van der Waals surface area contributed by atoms with Crippen LogP contribution in [0.5, 0.6) is 5.75 Å². The molecule has 2 aromatic carbocycles. The van der Waals surface area contributed by atoms with E-state index in [0.717, 1.165) is 12.8 Å². The molecule has 7 nitrogen and oxygen atoms in total. The third-order valence-electron chi connectivity index (χ3n) is 7.34. The number of ether oxygens (including phenoxy) is 2. The van der Waals surface area contributed by atoms with Gasteiger partial charge in [0, 0.05) is 40.8 Å². The molecule has 1 unspecified atom stereocenters. The first kappa shape index (κ1) is 27.6. The number of nitrogens with two attached hydrogens (primary N) is 1. The van der Waals surface area contributed by atoms with E-state index in [4.69, 9.17) is 25.2 Å². The number of benzene rings is 2. The summed E-state index contributed by atoms with van der Waals surface area (Å²) in [6.07, 6.45) is 2.62. The Hall–Kier alpha value is -3.95. The van der Waals surface area contributed by atoms with Crippen LogP contribution in [-0.2, 0) is 22.4 Å². The summed E-state index contributed by atoms with van der Waals surface area (Å²) in [5.74, 6) is -1.28. The smallest absolute Gasteiger partial charge is 0.248 e. The summed E-state index contributed by atoms with van der Waals surface area (Å²) in [6, 6.07) is 13.9. The maximum atomic E-state index is 15.8. The van der Waals surface area contributed by atoms with Gasteiger partial charge < -0.3 is 20.3 Å². The number of pyridine rings is 2. The quantitative estimate of drug-likeness (QED) is 0.314. The second kappa shape index (κ2) is 10.6. The van der Waals surface area contributed by atoms with E-state index >= 15 is 4.39 Å². The van der Waals surface area contributed by atoms with Gasteiger partial charge in [0.05, 0.1) is 18.4 Å². The van der Waals surface area contributed by atoms with E-state index in [0.29, 0.717) is 58.6 Å².